The quantitative estimate of drug-likeness (QED) is 0.163. The zero-order valence-corrected chi connectivity index (χ0v) is 29.8. The topological polar surface area (TPSA) is 8.17 Å². The van der Waals surface area contributed by atoms with Gasteiger partial charge in [0.1, 0.15) is 0 Å². The van der Waals surface area contributed by atoms with Gasteiger partial charge in [0.2, 0.25) is 0 Å². The van der Waals surface area contributed by atoms with Gasteiger partial charge in [-0.25, -0.2) is 0 Å². The predicted octanol–water partition coefficient (Wildman–Crippen LogP) is 14.3. The minimum absolute atomic E-state index is 1.06. The number of para-hydroxylation sites is 2. The molecule has 1 aliphatic carbocycles. The summed E-state index contributed by atoms with van der Waals surface area (Å²) in [7, 11) is 0. The summed E-state index contributed by atoms with van der Waals surface area (Å²) in [6, 6.07) is 66.9. The number of nitrogens with zero attached hydrogens (tertiary/aromatic N) is 2. The summed E-state index contributed by atoms with van der Waals surface area (Å²) in [5.41, 5.74) is 12.1. The molecule has 0 saturated carbocycles. The van der Waals surface area contributed by atoms with E-state index in [9.17, 15) is 0 Å². The molecule has 1 heterocycles. The molecule has 1 aliphatic rings. The van der Waals surface area contributed by atoms with Gasteiger partial charge in [-0.3, -0.25) is 0 Å². The second-order valence-electron chi connectivity index (χ2n) is 14.4. The SMILES string of the molecule is C1=Cc2ccc3c(c2CC1)c1ccccc1n3-c1cccc(N(c2ccc3c4ccccc4c4ccccc4c3c2)c2ccccc2-c2ccccc2)c1. The van der Waals surface area contributed by atoms with Gasteiger partial charge in [-0.05, 0) is 110 Å². The van der Waals surface area contributed by atoms with Crippen LogP contribution in [0.3, 0.4) is 0 Å². The molecule has 11 rings (SSSR count). The molecule has 0 radical (unpaired) electrons. The Hall–Kier alpha value is -6.90. The summed E-state index contributed by atoms with van der Waals surface area (Å²) in [6.07, 6.45) is 6.74. The molecule has 0 spiro atoms. The van der Waals surface area contributed by atoms with Crippen molar-refractivity contribution >= 4 is 77.3 Å². The van der Waals surface area contributed by atoms with E-state index in [1.54, 1.807) is 0 Å². The number of allylic oxidation sites excluding steroid dienone is 1. The molecule has 0 fully saturated rings. The van der Waals surface area contributed by atoms with Crippen LogP contribution >= 0.6 is 0 Å². The normalized spacial score (nSPS) is 12.6. The lowest BCUT2D eigenvalue weighted by molar-refractivity contribution is 0.997. The van der Waals surface area contributed by atoms with Gasteiger partial charge in [-0.15, -0.1) is 0 Å². The summed E-state index contributed by atoms with van der Waals surface area (Å²) in [5, 5.41) is 10.3. The van der Waals surface area contributed by atoms with E-state index in [1.807, 2.05) is 0 Å². The predicted molar refractivity (Wildman–Crippen MR) is 231 cm³/mol. The summed E-state index contributed by atoms with van der Waals surface area (Å²) in [5.74, 6) is 0. The fraction of sp³-hybridized carbons (Fsp3) is 0.0385. The van der Waals surface area contributed by atoms with Crippen LogP contribution in [0.1, 0.15) is 17.5 Å². The number of aryl methyl sites for hydroxylation is 1. The van der Waals surface area contributed by atoms with Crippen molar-refractivity contribution in [2.24, 2.45) is 0 Å². The van der Waals surface area contributed by atoms with Crippen LogP contribution in [0.4, 0.5) is 17.1 Å². The summed E-state index contributed by atoms with van der Waals surface area (Å²) in [6.45, 7) is 0. The van der Waals surface area contributed by atoms with Crippen LogP contribution in [0.2, 0.25) is 0 Å². The lowest BCUT2D eigenvalue weighted by Gasteiger charge is -2.29. The van der Waals surface area contributed by atoms with Crippen LogP contribution in [0, 0.1) is 0 Å². The second-order valence-corrected chi connectivity index (χ2v) is 14.4. The lowest BCUT2D eigenvalue weighted by Crippen LogP contribution is -2.12. The third-order valence-corrected chi connectivity index (χ3v) is 11.4. The standard InChI is InChI=1S/C52H36N2/c1-2-15-35(16-3-1)40-20-10-12-27-49(40)53(39-30-31-46-44-24-7-6-22-42(44)43-23-8-9-25-45(43)48(46)34-39)37-18-14-19-38(33-37)54-50-28-13-11-26-47(50)52-41-21-5-4-17-36(41)29-32-51(52)54/h1-4,6-20,22-34H,5,21H2. The van der Waals surface area contributed by atoms with Crippen molar-refractivity contribution in [1.82, 2.24) is 4.57 Å². The van der Waals surface area contributed by atoms with E-state index in [2.05, 4.69) is 204 Å². The first kappa shape index (κ1) is 30.7. The van der Waals surface area contributed by atoms with Gasteiger partial charge in [-0.1, -0.05) is 146 Å². The number of anilines is 3. The molecule has 54 heavy (non-hydrogen) atoms. The van der Waals surface area contributed by atoms with Crippen LogP contribution in [-0.2, 0) is 6.42 Å². The molecule has 0 N–H and O–H groups in total. The molecular formula is C52H36N2. The van der Waals surface area contributed by atoms with Gasteiger partial charge < -0.3 is 9.47 Å². The Morgan fingerprint density at radius 3 is 1.89 bits per heavy atom. The highest BCUT2D eigenvalue weighted by atomic mass is 15.1. The van der Waals surface area contributed by atoms with Crippen molar-refractivity contribution in [3.8, 4) is 16.8 Å². The zero-order chi connectivity index (χ0) is 35.6. The van der Waals surface area contributed by atoms with Crippen molar-refractivity contribution in [2.45, 2.75) is 12.8 Å². The number of hydrogen-bond donors (Lipinski definition) is 0. The molecule has 9 aromatic carbocycles. The maximum Gasteiger partial charge on any atom is 0.0544 e. The number of aromatic nitrogens is 1. The van der Waals surface area contributed by atoms with Crippen LogP contribution in [0.15, 0.2) is 188 Å². The van der Waals surface area contributed by atoms with Crippen LogP contribution < -0.4 is 4.90 Å². The Bertz CT molecular complexity index is 3080. The van der Waals surface area contributed by atoms with Crippen molar-refractivity contribution in [3.63, 3.8) is 0 Å². The Labute approximate surface area is 314 Å². The molecule has 0 atom stereocenters. The molecule has 0 amide bonds. The van der Waals surface area contributed by atoms with E-state index in [4.69, 9.17) is 0 Å². The molecule has 2 nitrogen and oxygen atoms in total. The van der Waals surface area contributed by atoms with Crippen molar-refractivity contribution in [3.05, 3.63) is 199 Å². The summed E-state index contributed by atoms with van der Waals surface area (Å²) >= 11 is 0. The average Bonchev–Trinajstić information content (AvgIpc) is 3.59. The largest absolute Gasteiger partial charge is 0.310 e. The van der Waals surface area contributed by atoms with Gasteiger partial charge in [0.05, 0.1) is 16.7 Å². The van der Waals surface area contributed by atoms with Crippen molar-refractivity contribution < 1.29 is 0 Å². The van der Waals surface area contributed by atoms with Crippen LogP contribution in [-0.4, -0.2) is 4.57 Å². The third-order valence-electron chi connectivity index (χ3n) is 11.4. The number of benzene rings is 9. The lowest BCUT2D eigenvalue weighted by atomic mass is 9.93. The highest BCUT2D eigenvalue weighted by molar-refractivity contribution is 6.26. The van der Waals surface area contributed by atoms with E-state index in [-0.39, 0.29) is 0 Å². The van der Waals surface area contributed by atoms with E-state index >= 15 is 0 Å². The number of fused-ring (bicyclic) bond motifs is 11. The molecule has 1 aromatic heterocycles. The molecule has 254 valence electrons. The highest BCUT2D eigenvalue weighted by Crippen LogP contribution is 2.45. The minimum atomic E-state index is 1.06. The molecule has 0 unspecified atom stereocenters. The van der Waals surface area contributed by atoms with Gasteiger partial charge in [0, 0.05) is 33.4 Å². The van der Waals surface area contributed by atoms with Crippen LogP contribution in [0.5, 0.6) is 0 Å². The fourth-order valence-corrected chi connectivity index (χ4v) is 9.05. The Balaban J connectivity index is 1.18. The van der Waals surface area contributed by atoms with Crippen molar-refractivity contribution in [2.75, 3.05) is 4.90 Å². The molecule has 0 saturated heterocycles. The Morgan fingerprint density at radius 1 is 0.444 bits per heavy atom. The summed E-state index contributed by atoms with van der Waals surface area (Å²) < 4.78 is 2.47. The fourth-order valence-electron chi connectivity index (χ4n) is 9.05. The first-order chi connectivity index (χ1) is 26.8. The van der Waals surface area contributed by atoms with E-state index in [0.29, 0.717) is 0 Å². The van der Waals surface area contributed by atoms with Crippen LogP contribution in [0.25, 0.3) is 77.0 Å². The van der Waals surface area contributed by atoms with Gasteiger partial charge in [0.15, 0.2) is 0 Å². The number of rotatable bonds is 5. The molecular weight excluding hydrogens is 653 g/mol. The monoisotopic (exact) mass is 688 g/mol. The maximum absolute atomic E-state index is 2.47. The van der Waals surface area contributed by atoms with Gasteiger partial charge in [0.25, 0.3) is 0 Å². The number of hydrogen-bond acceptors (Lipinski definition) is 1. The van der Waals surface area contributed by atoms with Gasteiger partial charge >= 0.3 is 0 Å². The van der Waals surface area contributed by atoms with Gasteiger partial charge in [-0.2, -0.15) is 0 Å². The first-order valence-electron chi connectivity index (χ1n) is 18.9. The molecule has 2 heteroatoms. The average molecular weight is 689 g/mol. The maximum atomic E-state index is 2.47. The Morgan fingerprint density at radius 2 is 1.09 bits per heavy atom. The summed E-state index contributed by atoms with van der Waals surface area (Å²) in [4.78, 5) is 2.45. The molecule has 0 bridgehead atoms. The van der Waals surface area contributed by atoms with E-state index in [0.717, 1.165) is 35.6 Å². The smallest absolute Gasteiger partial charge is 0.0544 e. The highest BCUT2D eigenvalue weighted by Gasteiger charge is 2.22. The Kier molecular flexibility index (Phi) is 7.03. The molecule has 0 aliphatic heterocycles. The second kappa shape index (κ2) is 12.4. The third kappa shape index (κ3) is 4.74. The zero-order valence-electron chi connectivity index (χ0n) is 29.8. The van der Waals surface area contributed by atoms with E-state index < -0.39 is 0 Å². The minimum Gasteiger partial charge on any atom is -0.310 e. The molecule has 10 aromatic rings. The first-order valence-corrected chi connectivity index (χ1v) is 18.9. The van der Waals surface area contributed by atoms with Crippen molar-refractivity contribution in [1.29, 1.82) is 0 Å². The van der Waals surface area contributed by atoms with E-state index in [1.165, 1.54) is 76.4 Å².